The van der Waals surface area contributed by atoms with Gasteiger partial charge in [-0.2, -0.15) is 0 Å². The summed E-state index contributed by atoms with van der Waals surface area (Å²) < 4.78 is 0. The SMILES string of the molecule is C=C1CCC2C([C@@H]3[C@H]1CC[C@@]3(C)O)C2(C)C. The second-order valence-corrected chi connectivity index (χ2v) is 7.18. The first-order chi connectivity index (χ1) is 7.36. The molecule has 0 saturated heterocycles. The molecule has 3 aliphatic rings. The minimum Gasteiger partial charge on any atom is -0.390 e. The molecule has 1 nitrogen and oxygen atoms in total. The van der Waals surface area contributed by atoms with Crippen molar-refractivity contribution in [3.8, 4) is 0 Å². The number of fused-ring (bicyclic) bond motifs is 3. The van der Waals surface area contributed by atoms with E-state index in [0.29, 0.717) is 17.3 Å². The number of allylic oxidation sites excluding steroid dienone is 1. The van der Waals surface area contributed by atoms with Gasteiger partial charge in [0.1, 0.15) is 0 Å². The fourth-order valence-electron chi connectivity index (χ4n) is 4.90. The molecule has 0 bridgehead atoms. The minimum atomic E-state index is -0.436. The van der Waals surface area contributed by atoms with Gasteiger partial charge in [-0.05, 0) is 61.7 Å². The van der Waals surface area contributed by atoms with Crippen molar-refractivity contribution in [1.82, 2.24) is 0 Å². The van der Waals surface area contributed by atoms with Gasteiger partial charge in [0.2, 0.25) is 0 Å². The van der Waals surface area contributed by atoms with E-state index in [9.17, 15) is 5.11 Å². The third-order valence-corrected chi connectivity index (χ3v) is 5.94. The Bertz CT molecular complexity index is 339. The number of hydrogen-bond donors (Lipinski definition) is 1. The van der Waals surface area contributed by atoms with Crippen LogP contribution in [0.4, 0.5) is 0 Å². The van der Waals surface area contributed by atoms with Gasteiger partial charge in [-0.25, -0.2) is 0 Å². The lowest BCUT2D eigenvalue weighted by atomic mass is 9.78. The predicted molar refractivity (Wildman–Crippen MR) is 66.0 cm³/mol. The Hall–Kier alpha value is -0.300. The smallest absolute Gasteiger partial charge is 0.0656 e. The van der Waals surface area contributed by atoms with Crippen LogP contribution in [-0.2, 0) is 0 Å². The monoisotopic (exact) mass is 220 g/mol. The summed E-state index contributed by atoms with van der Waals surface area (Å²) in [4.78, 5) is 0. The molecule has 3 saturated carbocycles. The van der Waals surface area contributed by atoms with Crippen LogP contribution in [0.15, 0.2) is 12.2 Å². The Balaban J connectivity index is 1.98. The highest BCUT2D eigenvalue weighted by Crippen LogP contribution is 2.71. The van der Waals surface area contributed by atoms with Gasteiger partial charge >= 0.3 is 0 Å². The summed E-state index contributed by atoms with van der Waals surface area (Å²) >= 11 is 0. The van der Waals surface area contributed by atoms with E-state index in [1.165, 1.54) is 18.4 Å². The summed E-state index contributed by atoms with van der Waals surface area (Å²) in [6, 6.07) is 0. The number of rotatable bonds is 0. The first-order valence-electron chi connectivity index (χ1n) is 6.76. The highest BCUT2D eigenvalue weighted by Gasteiger charge is 2.67. The average molecular weight is 220 g/mol. The Morgan fingerprint density at radius 1 is 1.19 bits per heavy atom. The normalized spacial score (nSPS) is 54.1. The van der Waals surface area contributed by atoms with Crippen LogP contribution in [0.1, 0.15) is 46.5 Å². The molecule has 3 fully saturated rings. The summed E-state index contributed by atoms with van der Waals surface area (Å²) in [5, 5.41) is 10.6. The molecule has 0 aromatic heterocycles. The van der Waals surface area contributed by atoms with E-state index in [4.69, 9.17) is 0 Å². The fraction of sp³-hybridized carbons (Fsp3) is 0.867. The molecule has 0 aromatic carbocycles. The summed E-state index contributed by atoms with van der Waals surface area (Å²) in [5.41, 5.74) is 1.46. The highest BCUT2D eigenvalue weighted by molar-refractivity contribution is 5.22. The first kappa shape index (κ1) is 10.8. The Kier molecular flexibility index (Phi) is 1.98. The van der Waals surface area contributed by atoms with Crippen molar-refractivity contribution < 1.29 is 5.11 Å². The lowest BCUT2D eigenvalue weighted by molar-refractivity contribution is -0.00137. The van der Waals surface area contributed by atoms with Gasteiger partial charge in [-0.1, -0.05) is 26.0 Å². The molecule has 1 N–H and O–H groups in total. The van der Waals surface area contributed by atoms with E-state index < -0.39 is 5.60 Å². The van der Waals surface area contributed by atoms with E-state index in [-0.39, 0.29) is 0 Å². The maximum atomic E-state index is 10.6. The Morgan fingerprint density at radius 3 is 2.56 bits per heavy atom. The molecule has 2 unspecified atom stereocenters. The highest BCUT2D eigenvalue weighted by atomic mass is 16.3. The molecule has 0 aromatic rings. The van der Waals surface area contributed by atoms with Crippen molar-refractivity contribution in [1.29, 1.82) is 0 Å². The van der Waals surface area contributed by atoms with Crippen molar-refractivity contribution in [2.75, 3.05) is 0 Å². The predicted octanol–water partition coefficient (Wildman–Crippen LogP) is 3.39. The molecule has 0 heterocycles. The maximum Gasteiger partial charge on any atom is 0.0656 e. The van der Waals surface area contributed by atoms with E-state index in [1.807, 2.05) is 0 Å². The minimum absolute atomic E-state index is 0.436. The van der Waals surface area contributed by atoms with Gasteiger partial charge in [0.25, 0.3) is 0 Å². The van der Waals surface area contributed by atoms with E-state index in [2.05, 4.69) is 27.4 Å². The van der Waals surface area contributed by atoms with Crippen LogP contribution < -0.4 is 0 Å². The van der Waals surface area contributed by atoms with Crippen LogP contribution in [0.3, 0.4) is 0 Å². The molecule has 5 atom stereocenters. The summed E-state index contributed by atoms with van der Waals surface area (Å²) in [5.74, 6) is 2.67. The van der Waals surface area contributed by atoms with Crippen LogP contribution in [-0.4, -0.2) is 10.7 Å². The second-order valence-electron chi connectivity index (χ2n) is 7.18. The van der Waals surface area contributed by atoms with Crippen molar-refractivity contribution >= 4 is 0 Å². The van der Waals surface area contributed by atoms with Gasteiger partial charge < -0.3 is 5.11 Å². The zero-order valence-electron chi connectivity index (χ0n) is 10.8. The molecule has 0 amide bonds. The fourth-order valence-corrected chi connectivity index (χ4v) is 4.90. The molecule has 16 heavy (non-hydrogen) atoms. The molecule has 0 radical (unpaired) electrons. The number of aliphatic hydroxyl groups is 1. The summed E-state index contributed by atoms with van der Waals surface area (Å²) in [6.45, 7) is 11.1. The van der Waals surface area contributed by atoms with Crippen LogP contribution in [0.5, 0.6) is 0 Å². The molecular weight excluding hydrogens is 196 g/mol. The number of hydrogen-bond acceptors (Lipinski definition) is 1. The van der Waals surface area contributed by atoms with Crippen molar-refractivity contribution in [2.24, 2.45) is 29.1 Å². The van der Waals surface area contributed by atoms with E-state index in [1.54, 1.807) is 0 Å². The quantitative estimate of drug-likeness (QED) is 0.620. The lowest BCUT2D eigenvalue weighted by Gasteiger charge is -2.31. The molecule has 3 rings (SSSR count). The van der Waals surface area contributed by atoms with Crippen LogP contribution >= 0.6 is 0 Å². The topological polar surface area (TPSA) is 20.2 Å². The third kappa shape index (κ3) is 1.21. The van der Waals surface area contributed by atoms with Gasteiger partial charge in [0.15, 0.2) is 0 Å². The average Bonchev–Trinajstić information content (AvgIpc) is 2.61. The lowest BCUT2D eigenvalue weighted by Crippen LogP contribution is -2.34. The molecule has 0 spiro atoms. The van der Waals surface area contributed by atoms with Crippen LogP contribution in [0.2, 0.25) is 0 Å². The Morgan fingerprint density at radius 2 is 1.88 bits per heavy atom. The van der Waals surface area contributed by atoms with Crippen molar-refractivity contribution in [3.05, 3.63) is 12.2 Å². The van der Waals surface area contributed by atoms with E-state index >= 15 is 0 Å². The maximum absolute atomic E-state index is 10.6. The molecule has 0 aliphatic heterocycles. The van der Waals surface area contributed by atoms with Gasteiger partial charge in [-0.15, -0.1) is 0 Å². The van der Waals surface area contributed by atoms with Gasteiger partial charge in [0, 0.05) is 0 Å². The molecule has 90 valence electrons. The zero-order chi connectivity index (χ0) is 11.7. The largest absolute Gasteiger partial charge is 0.390 e. The summed E-state index contributed by atoms with van der Waals surface area (Å²) in [7, 11) is 0. The second kappa shape index (κ2) is 2.93. The van der Waals surface area contributed by atoms with Crippen LogP contribution in [0.25, 0.3) is 0 Å². The molecule has 3 aliphatic carbocycles. The van der Waals surface area contributed by atoms with Crippen molar-refractivity contribution in [2.45, 2.75) is 52.1 Å². The zero-order valence-corrected chi connectivity index (χ0v) is 10.8. The van der Waals surface area contributed by atoms with E-state index in [0.717, 1.165) is 24.7 Å². The molecular formula is C15H24O. The van der Waals surface area contributed by atoms with Crippen LogP contribution in [0, 0.1) is 29.1 Å². The van der Waals surface area contributed by atoms with Crippen molar-refractivity contribution in [3.63, 3.8) is 0 Å². The third-order valence-electron chi connectivity index (χ3n) is 5.94. The molecule has 1 heteroatoms. The van der Waals surface area contributed by atoms with Gasteiger partial charge in [-0.3, -0.25) is 0 Å². The first-order valence-corrected chi connectivity index (χ1v) is 6.76. The van der Waals surface area contributed by atoms with Gasteiger partial charge in [0.05, 0.1) is 5.60 Å². The Labute approximate surface area is 98.9 Å². The standard InChI is InChI=1S/C15H24O/c1-9-5-6-11-13(14(11,2)3)12-10(9)7-8-15(12,4)16/h10-13,16H,1,5-8H2,2-4H3/t10-,11?,12-,13?,15+/m0/s1. The summed E-state index contributed by atoms with van der Waals surface area (Å²) in [6.07, 6.45) is 4.64.